The van der Waals surface area contributed by atoms with Gasteiger partial charge in [-0.25, -0.2) is 12.8 Å². The smallest absolute Gasteiger partial charge is 0.387 e. The molecule has 0 bridgehead atoms. The molecule has 2 aromatic rings. The van der Waals surface area contributed by atoms with Gasteiger partial charge in [-0.15, -0.1) is 0 Å². The molecule has 0 amide bonds. The lowest BCUT2D eigenvalue weighted by molar-refractivity contribution is -0.376. The van der Waals surface area contributed by atoms with Crippen molar-refractivity contribution in [1.29, 1.82) is 5.26 Å². The van der Waals surface area contributed by atoms with E-state index in [1.807, 2.05) is 0 Å². The molecule has 7 nitrogen and oxygen atoms in total. The lowest BCUT2D eigenvalue weighted by Crippen LogP contribution is -2.54. The number of hydrogen-bond acceptors (Lipinski definition) is 6. The molecule has 0 saturated carbocycles. The topological polar surface area (TPSA) is 119 Å². The summed E-state index contributed by atoms with van der Waals surface area (Å²) in [6, 6.07) is 6.65. The Balaban J connectivity index is 2.09. The van der Waals surface area contributed by atoms with Crippen LogP contribution in [0.15, 0.2) is 47.4 Å². The van der Waals surface area contributed by atoms with Gasteiger partial charge in [0.2, 0.25) is 0 Å². The summed E-state index contributed by atoms with van der Waals surface area (Å²) >= 11 is 0. The van der Waals surface area contributed by atoms with Crippen LogP contribution in [-0.4, -0.2) is 54.6 Å². The first-order valence-electron chi connectivity index (χ1n) is 12.6. The average molecular weight is 625 g/mol. The van der Waals surface area contributed by atoms with Crippen molar-refractivity contribution in [3.8, 4) is 6.07 Å². The Kier molecular flexibility index (Phi) is 9.08. The molecule has 42 heavy (non-hydrogen) atoms. The van der Waals surface area contributed by atoms with Crippen molar-refractivity contribution in [2.45, 2.75) is 86.6 Å². The average Bonchev–Trinajstić information content (AvgIpc) is 2.88. The number of fused-ring (bicyclic) bond motifs is 1. The van der Waals surface area contributed by atoms with Crippen LogP contribution in [0.1, 0.15) is 56.2 Å². The molecule has 0 saturated heterocycles. The van der Waals surface area contributed by atoms with Crippen LogP contribution in [-0.2, 0) is 26.8 Å². The predicted molar refractivity (Wildman–Crippen MR) is 135 cm³/mol. The highest BCUT2D eigenvalue weighted by Crippen LogP contribution is 2.51. The Labute approximate surface area is 237 Å². The van der Waals surface area contributed by atoms with E-state index in [9.17, 15) is 54.2 Å². The van der Waals surface area contributed by atoms with Gasteiger partial charge in [0, 0.05) is 18.4 Å². The lowest BCUT2D eigenvalue weighted by atomic mass is 9.87. The zero-order chi connectivity index (χ0) is 31.9. The van der Waals surface area contributed by atoms with E-state index in [1.54, 1.807) is 6.07 Å². The van der Waals surface area contributed by atoms with Gasteiger partial charge < -0.3 is 10.2 Å². The molecule has 230 valence electrons. The molecule has 2 N–H and O–H groups in total. The molecule has 0 aliphatic carbocycles. The highest BCUT2D eigenvalue weighted by molar-refractivity contribution is 7.92. The third-order valence-electron chi connectivity index (χ3n) is 7.08. The Morgan fingerprint density at radius 2 is 1.62 bits per heavy atom. The van der Waals surface area contributed by atoms with Gasteiger partial charge >= 0.3 is 12.4 Å². The molecule has 0 fully saturated rings. The fourth-order valence-electron chi connectivity index (χ4n) is 4.68. The van der Waals surface area contributed by atoms with Crippen LogP contribution in [0.4, 0.5) is 36.4 Å². The van der Waals surface area contributed by atoms with Gasteiger partial charge in [0.05, 0.1) is 33.9 Å². The molecule has 0 radical (unpaired) electrons. The number of hydrogen-bond donors (Lipinski definition) is 2. The number of nitriles is 1. The van der Waals surface area contributed by atoms with Crippen LogP contribution in [0.3, 0.4) is 0 Å². The fourth-order valence-corrected chi connectivity index (χ4v) is 6.40. The third-order valence-corrected chi connectivity index (χ3v) is 8.96. The highest BCUT2D eigenvalue weighted by Gasteiger charge is 2.71. The molecule has 1 aliphatic heterocycles. The summed E-state index contributed by atoms with van der Waals surface area (Å²) in [5, 5.41) is 28.6. The molecule has 3 rings (SSSR count). The summed E-state index contributed by atoms with van der Waals surface area (Å²) in [6.07, 6.45) is -15.8. The number of ketones is 1. The molecule has 0 unspecified atom stereocenters. The van der Waals surface area contributed by atoms with Crippen molar-refractivity contribution in [1.82, 2.24) is 0 Å². The highest BCUT2D eigenvalue weighted by atomic mass is 32.2. The van der Waals surface area contributed by atoms with Crippen molar-refractivity contribution >= 4 is 21.5 Å². The number of benzene rings is 2. The number of anilines is 1. The normalized spacial score (nSPS) is 17.4. The number of halogens is 7. The summed E-state index contributed by atoms with van der Waals surface area (Å²) in [5.41, 5.74) is -8.99. The Morgan fingerprint density at radius 1 is 1.05 bits per heavy atom. The summed E-state index contributed by atoms with van der Waals surface area (Å²) in [6.45, 7) is 2.41. The second kappa shape index (κ2) is 11.5. The zero-order valence-corrected chi connectivity index (χ0v) is 23.1. The van der Waals surface area contributed by atoms with Crippen LogP contribution in [0, 0.1) is 11.3 Å². The molecule has 2 aromatic carbocycles. The van der Waals surface area contributed by atoms with E-state index in [2.05, 4.69) is 0 Å². The first-order chi connectivity index (χ1) is 19.1. The second-order valence-electron chi connectivity index (χ2n) is 10.6. The van der Waals surface area contributed by atoms with Crippen molar-refractivity contribution in [3.05, 3.63) is 59.2 Å². The minimum absolute atomic E-state index is 0.107. The van der Waals surface area contributed by atoms with E-state index in [0.717, 1.165) is 16.4 Å². The number of nitrogens with zero attached hydrogens (tertiary/aromatic N) is 2. The van der Waals surface area contributed by atoms with E-state index >= 15 is 0 Å². The van der Waals surface area contributed by atoms with E-state index in [-0.39, 0.29) is 47.4 Å². The van der Waals surface area contributed by atoms with Crippen LogP contribution >= 0.6 is 0 Å². The van der Waals surface area contributed by atoms with E-state index < -0.39 is 63.6 Å². The maximum atomic E-state index is 14.2. The minimum Gasteiger partial charge on any atom is -0.387 e. The van der Waals surface area contributed by atoms with Crippen LogP contribution < -0.4 is 4.31 Å². The molecule has 2 atom stereocenters. The van der Waals surface area contributed by atoms with Gasteiger partial charge in [0.25, 0.3) is 15.6 Å². The summed E-state index contributed by atoms with van der Waals surface area (Å²) in [4.78, 5) is 12.4. The molecule has 0 aromatic heterocycles. The number of sulfonamides is 1. The number of aryl methyl sites for hydroxylation is 1. The quantitative estimate of drug-likeness (QED) is 0.369. The van der Waals surface area contributed by atoms with Gasteiger partial charge in [-0.3, -0.25) is 9.10 Å². The maximum absolute atomic E-state index is 14.2. The van der Waals surface area contributed by atoms with Crippen molar-refractivity contribution in [2.75, 3.05) is 4.31 Å². The molecular weight excluding hydrogens is 597 g/mol. The number of aliphatic hydroxyl groups is 2. The monoisotopic (exact) mass is 624 g/mol. The number of rotatable bonds is 9. The largest absolute Gasteiger partial charge is 0.430 e. The lowest BCUT2D eigenvalue weighted by Gasteiger charge is -2.39. The van der Waals surface area contributed by atoms with Crippen LogP contribution in [0.2, 0.25) is 0 Å². The number of carbonyl (C=O) groups excluding carboxylic acids is 1. The third kappa shape index (κ3) is 6.40. The summed E-state index contributed by atoms with van der Waals surface area (Å²) in [7, 11) is -4.60. The summed E-state index contributed by atoms with van der Waals surface area (Å²) < 4.78 is 123. The predicted octanol–water partition coefficient (Wildman–Crippen LogP) is 5.23. The molecule has 15 heteroatoms. The zero-order valence-electron chi connectivity index (χ0n) is 22.3. The van der Waals surface area contributed by atoms with Crippen molar-refractivity contribution in [2.24, 2.45) is 0 Å². The SMILES string of the molecule is CC(C)(O)[C@H](F)CCC(=O)C[C@H]1CCc2cc(C(O)(C(F)(F)F)C(F)(F)F)ccc2N1S(=O)(=O)c1ccc(C#N)cc1. The fraction of sp³-hybridized carbons (Fsp3) is 0.481. The number of Topliss-reactive ketones (excluding diaryl/α,β-unsaturated/α-hetero) is 1. The second-order valence-corrected chi connectivity index (χ2v) is 12.4. The van der Waals surface area contributed by atoms with E-state index in [1.165, 1.54) is 26.0 Å². The molecular formula is C27H27F7N2O5S. The minimum atomic E-state index is -6.16. The van der Waals surface area contributed by atoms with Gasteiger partial charge in [0.1, 0.15) is 12.0 Å². The molecule has 1 aliphatic rings. The molecule has 0 spiro atoms. The van der Waals surface area contributed by atoms with E-state index in [0.29, 0.717) is 18.2 Å². The molecule has 1 heterocycles. The van der Waals surface area contributed by atoms with E-state index in [4.69, 9.17) is 5.26 Å². The van der Waals surface area contributed by atoms with Gasteiger partial charge in [-0.1, -0.05) is 12.1 Å². The van der Waals surface area contributed by atoms with Gasteiger partial charge in [-0.05, 0) is 69.0 Å². The van der Waals surface area contributed by atoms with Crippen LogP contribution in [0.25, 0.3) is 0 Å². The van der Waals surface area contributed by atoms with Crippen molar-refractivity contribution < 1.29 is 54.2 Å². The van der Waals surface area contributed by atoms with Crippen LogP contribution in [0.5, 0.6) is 0 Å². The van der Waals surface area contributed by atoms with Gasteiger partial charge in [-0.2, -0.15) is 31.6 Å². The number of alkyl halides is 7. The standard InChI is InChI=1S/C27H27F7N2O5S/c1-24(2,38)23(28)12-8-20(37)14-19-7-5-17-13-18(25(39,26(29,30)31)27(32,33)34)6-11-22(17)36(19)42(40,41)21-9-3-16(15-35)4-10-21/h3-4,6,9-11,13,19,23,38-39H,5,7-8,12,14H2,1-2H3/t19-,23-/m1/s1. The summed E-state index contributed by atoms with van der Waals surface area (Å²) in [5.74, 6) is -0.587. The van der Waals surface area contributed by atoms with Gasteiger partial charge in [0.15, 0.2) is 0 Å². The maximum Gasteiger partial charge on any atom is 0.430 e. The Hall–Kier alpha value is -3.22. The first-order valence-corrected chi connectivity index (χ1v) is 14.0. The first kappa shape index (κ1) is 33.3. The Bertz CT molecular complexity index is 1450. The number of carbonyl (C=O) groups is 1. The Morgan fingerprint density at radius 3 is 2.12 bits per heavy atom. The van der Waals surface area contributed by atoms with Crippen molar-refractivity contribution in [3.63, 3.8) is 0 Å².